The molecule has 1 saturated heterocycles. The fraction of sp³-hybridized carbons (Fsp3) is 0.444. The van der Waals surface area contributed by atoms with E-state index in [0.717, 1.165) is 38.1 Å². The van der Waals surface area contributed by atoms with Gasteiger partial charge in [-0.15, -0.1) is 0 Å². The molecule has 2 aromatic rings. The second-order valence-electron chi connectivity index (χ2n) is 6.19. The molecule has 1 atom stereocenters. The van der Waals surface area contributed by atoms with Crippen LogP contribution in [0.25, 0.3) is 0 Å². The predicted molar refractivity (Wildman–Crippen MR) is 88.3 cm³/mol. The number of rotatable bonds is 5. The van der Waals surface area contributed by atoms with Crippen molar-refractivity contribution < 1.29 is 9.53 Å². The molecular weight excluding hydrogens is 290 g/mol. The van der Waals surface area contributed by atoms with Crippen LogP contribution >= 0.6 is 0 Å². The minimum Gasteiger partial charge on any atom is -0.484 e. The molecule has 0 bridgehead atoms. The zero-order valence-corrected chi connectivity index (χ0v) is 13.5. The standard InChI is InChI=1S/C18H23N3O2/c1-14-11-19-20-17(14)10-15-6-5-9-21(12-15)18(22)13-23-16-7-3-2-4-8-16/h2-4,7-8,11,15H,5-6,9-10,12-13H2,1H3,(H,19,20)/t15-/m1/s1. The van der Waals surface area contributed by atoms with Crippen LogP contribution in [0.3, 0.4) is 0 Å². The highest BCUT2D eigenvalue weighted by Gasteiger charge is 2.24. The molecule has 23 heavy (non-hydrogen) atoms. The second kappa shape index (κ2) is 7.31. The van der Waals surface area contributed by atoms with Crippen molar-refractivity contribution in [1.82, 2.24) is 15.1 Å². The molecule has 1 N–H and O–H groups in total. The molecule has 1 fully saturated rings. The first-order valence-corrected chi connectivity index (χ1v) is 8.17. The number of ether oxygens (including phenoxy) is 1. The summed E-state index contributed by atoms with van der Waals surface area (Å²) in [5, 5.41) is 7.14. The van der Waals surface area contributed by atoms with Gasteiger partial charge in [0.05, 0.1) is 6.20 Å². The Kier molecular flexibility index (Phi) is 4.95. The predicted octanol–water partition coefficient (Wildman–Crippen LogP) is 2.58. The van der Waals surface area contributed by atoms with Crippen LogP contribution in [-0.2, 0) is 11.2 Å². The molecule has 0 unspecified atom stereocenters. The van der Waals surface area contributed by atoms with Crippen LogP contribution in [0.4, 0.5) is 0 Å². The number of carbonyl (C=O) groups excluding carboxylic acids is 1. The van der Waals surface area contributed by atoms with Gasteiger partial charge in [0.25, 0.3) is 5.91 Å². The normalized spacial score (nSPS) is 18.0. The fourth-order valence-corrected chi connectivity index (χ4v) is 3.08. The van der Waals surface area contributed by atoms with Crippen LogP contribution in [0.1, 0.15) is 24.1 Å². The van der Waals surface area contributed by atoms with Crippen LogP contribution in [0.5, 0.6) is 5.75 Å². The Morgan fingerprint density at radius 2 is 2.22 bits per heavy atom. The van der Waals surface area contributed by atoms with Crippen LogP contribution in [0.15, 0.2) is 36.5 Å². The number of aryl methyl sites for hydroxylation is 1. The van der Waals surface area contributed by atoms with E-state index in [1.54, 1.807) is 0 Å². The van der Waals surface area contributed by atoms with E-state index in [9.17, 15) is 4.79 Å². The van der Waals surface area contributed by atoms with Crippen molar-refractivity contribution in [2.75, 3.05) is 19.7 Å². The Bertz CT molecular complexity index is 639. The van der Waals surface area contributed by atoms with Crippen LogP contribution in [0, 0.1) is 12.8 Å². The van der Waals surface area contributed by atoms with Gasteiger partial charge in [-0.25, -0.2) is 0 Å². The first-order chi connectivity index (χ1) is 11.2. The van der Waals surface area contributed by atoms with Crippen molar-refractivity contribution in [2.24, 2.45) is 5.92 Å². The summed E-state index contributed by atoms with van der Waals surface area (Å²) in [5.74, 6) is 1.30. The molecule has 1 amide bonds. The SMILES string of the molecule is Cc1cn[nH]c1C[C@H]1CCCN(C(=O)COc2ccccc2)C1. The molecular formula is C18H23N3O2. The van der Waals surface area contributed by atoms with E-state index in [2.05, 4.69) is 17.1 Å². The zero-order chi connectivity index (χ0) is 16.1. The smallest absolute Gasteiger partial charge is 0.260 e. The summed E-state index contributed by atoms with van der Waals surface area (Å²) in [6, 6.07) is 9.48. The number of hydrogen-bond donors (Lipinski definition) is 1. The van der Waals surface area contributed by atoms with Crippen molar-refractivity contribution in [3.63, 3.8) is 0 Å². The van der Waals surface area contributed by atoms with Gasteiger partial charge >= 0.3 is 0 Å². The molecule has 0 saturated carbocycles. The van der Waals surface area contributed by atoms with Crippen molar-refractivity contribution in [1.29, 1.82) is 0 Å². The molecule has 1 aliphatic rings. The average molecular weight is 313 g/mol. The van der Waals surface area contributed by atoms with Crippen LogP contribution in [0.2, 0.25) is 0 Å². The lowest BCUT2D eigenvalue weighted by molar-refractivity contribution is -0.135. The minimum atomic E-state index is 0.0693. The molecule has 5 heteroatoms. The summed E-state index contributed by atoms with van der Waals surface area (Å²) in [7, 11) is 0. The third-order valence-electron chi connectivity index (χ3n) is 4.40. The highest BCUT2D eigenvalue weighted by molar-refractivity contribution is 5.77. The number of piperidine rings is 1. The van der Waals surface area contributed by atoms with Crippen molar-refractivity contribution in [2.45, 2.75) is 26.2 Å². The van der Waals surface area contributed by atoms with Crippen LogP contribution in [-0.4, -0.2) is 40.7 Å². The van der Waals surface area contributed by atoms with Gasteiger partial charge in [0.15, 0.2) is 6.61 Å². The number of benzene rings is 1. The summed E-state index contributed by atoms with van der Waals surface area (Å²) in [5.41, 5.74) is 2.38. The molecule has 5 nitrogen and oxygen atoms in total. The van der Waals surface area contributed by atoms with Crippen LogP contribution < -0.4 is 4.74 Å². The monoisotopic (exact) mass is 313 g/mol. The first kappa shape index (κ1) is 15.6. The van der Waals surface area contributed by atoms with Gasteiger partial charge in [0.1, 0.15) is 5.75 Å². The molecule has 1 aromatic carbocycles. The number of H-pyrrole nitrogens is 1. The summed E-state index contributed by atoms with van der Waals surface area (Å²) in [6.45, 7) is 3.81. The highest BCUT2D eigenvalue weighted by atomic mass is 16.5. The van der Waals surface area contributed by atoms with E-state index in [0.29, 0.717) is 5.92 Å². The molecule has 3 rings (SSSR count). The van der Waals surface area contributed by atoms with E-state index in [1.165, 1.54) is 11.3 Å². The lowest BCUT2D eigenvalue weighted by atomic mass is 9.92. The molecule has 1 aliphatic heterocycles. The number of nitrogens with one attached hydrogen (secondary N) is 1. The number of carbonyl (C=O) groups is 1. The Hall–Kier alpha value is -2.30. The summed E-state index contributed by atoms with van der Waals surface area (Å²) in [4.78, 5) is 14.3. The van der Waals surface area contributed by atoms with E-state index >= 15 is 0 Å². The molecule has 0 aliphatic carbocycles. The number of para-hydroxylation sites is 1. The number of aromatic amines is 1. The van der Waals surface area contributed by atoms with Gasteiger partial charge in [-0.2, -0.15) is 5.10 Å². The third kappa shape index (κ3) is 4.12. The van der Waals surface area contributed by atoms with Crippen molar-refractivity contribution in [3.05, 3.63) is 47.8 Å². The van der Waals surface area contributed by atoms with E-state index in [-0.39, 0.29) is 12.5 Å². The number of nitrogens with zero attached hydrogens (tertiary/aromatic N) is 2. The van der Waals surface area contributed by atoms with Gasteiger partial charge in [-0.3, -0.25) is 9.89 Å². The quantitative estimate of drug-likeness (QED) is 0.923. The maximum absolute atomic E-state index is 12.4. The van der Waals surface area contributed by atoms with E-state index in [4.69, 9.17) is 4.74 Å². The Balaban J connectivity index is 1.51. The lowest BCUT2D eigenvalue weighted by Crippen LogP contribution is -2.42. The number of aromatic nitrogens is 2. The minimum absolute atomic E-state index is 0.0693. The van der Waals surface area contributed by atoms with Crippen molar-refractivity contribution in [3.8, 4) is 5.75 Å². The molecule has 0 spiro atoms. The van der Waals surface area contributed by atoms with Gasteiger partial charge in [-0.05, 0) is 49.8 Å². The van der Waals surface area contributed by atoms with Gasteiger partial charge in [0.2, 0.25) is 0 Å². The van der Waals surface area contributed by atoms with E-state index in [1.807, 2.05) is 41.4 Å². The maximum Gasteiger partial charge on any atom is 0.260 e. The highest BCUT2D eigenvalue weighted by Crippen LogP contribution is 2.21. The molecule has 2 heterocycles. The summed E-state index contributed by atoms with van der Waals surface area (Å²) < 4.78 is 5.57. The molecule has 0 radical (unpaired) electrons. The average Bonchev–Trinajstić information content (AvgIpc) is 2.99. The third-order valence-corrected chi connectivity index (χ3v) is 4.40. The van der Waals surface area contributed by atoms with E-state index < -0.39 is 0 Å². The topological polar surface area (TPSA) is 58.2 Å². The zero-order valence-electron chi connectivity index (χ0n) is 13.5. The van der Waals surface area contributed by atoms with Gasteiger partial charge in [0, 0.05) is 18.8 Å². The summed E-state index contributed by atoms with van der Waals surface area (Å²) in [6.07, 6.45) is 5.01. The Morgan fingerprint density at radius 1 is 1.39 bits per heavy atom. The summed E-state index contributed by atoms with van der Waals surface area (Å²) >= 11 is 0. The van der Waals surface area contributed by atoms with Gasteiger partial charge < -0.3 is 9.64 Å². The van der Waals surface area contributed by atoms with Crippen molar-refractivity contribution >= 4 is 5.91 Å². The number of hydrogen-bond acceptors (Lipinski definition) is 3. The Morgan fingerprint density at radius 3 is 2.96 bits per heavy atom. The lowest BCUT2D eigenvalue weighted by Gasteiger charge is -2.32. The maximum atomic E-state index is 12.4. The number of amides is 1. The second-order valence-corrected chi connectivity index (χ2v) is 6.19. The molecule has 1 aromatic heterocycles. The largest absolute Gasteiger partial charge is 0.484 e. The number of likely N-dealkylation sites (tertiary alicyclic amines) is 1. The fourth-order valence-electron chi connectivity index (χ4n) is 3.08. The van der Waals surface area contributed by atoms with Gasteiger partial charge in [-0.1, -0.05) is 18.2 Å². The first-order valence-electron chi connectivity index (χ1n) is 8.17. The Labute approximate surface area is 136 Å². The molecule has 122 valence electrons.